The van der Waals surface area contributed by atoms with E-state index in [0.717, 1.165) is 5.56 Å². The summed E-state index contributed by atoms with van der Waals surface area (Å²) in [7, 11) is 0. The fraction of sp³-hybridized carbons (Fsp3) is 0.267. The summed E-state index contributed by atoms with van der Waals surface area (Å²) >= 11 is 6.01. The Morgan fingerprint density at radius 1 is 1.45 bits per heavy atom. The van der Waals surface area contributed by atoms with Gasteiger partial charge < -0.3 is 10.2 Å². The number of nitrogens with one attached hydrogen (secondary N) is 1. The second kappa shape index (κ2) is 6.37. The van der Waals surface area contributed by atoms with E-state index in [-0.39, 0.29) is 28.5 Å². The number of piperazine rings is 1. The van der Waals surface area contributed by atoms with Crippen LogP contribution in [0.15, 0.2) is 36.8 Å². The Hall–Kier alpha value is -2.05. The molecule has 1 atom stereocenters. The second-order valence-electron chi connectivity index (χ2n) is 4.99. The fourth-order valence-corrected chi connectivity index (χ4v) is 2.75. The van der Waals surface area contributed by atoms with Crippen LogP contribution in [-0.2, 0) is 0 Å². The van der Waals surface area contributed by atoms with Gasteiger partial charge in [0.25, 0.3) is 5.91 Å². The molecule has 1 N–H and O–H groups in total. The Morgan fingerprint density at radius 3 is 3.09 bits per heavy atom. The molecule has 114 valence electrons. The molecule has 7 heteroatoms. The maximum atomic E-state index is 13.5. The number of aromatic nitrogens is 2. The van der Waals surface area contributed by atoms with Crippen molar-refractivity contribution in [2.75, 3.05) is 19.6 Å². The lowest BCUT2D eigenvalue weighted by atomic mass is 10.0. The lowest BCUT2D eigenvalue weighted by Gasteiger charge is -2.36. The van der Waals surface area contributed by atoms with E-state index in [1.54, 1.807) is 11.0 Å². The van der Waals surface area contributed by atoms with Crippen LogP contribution in [0.3, 0.4) is 0 Å². The van der Waals surface area contributed by atoms with Gasteiger partial charge in [0.1, 0.15) is 17.8 Å². The number of carbonyl (C=O) groups excluding carboxylic acids is 1. The number of amides is 1. The zero-order valence-electron chi connectivity index (χ0n) is 11.7. The van der Waals surface area contributed by atoms with Gasteiger partial charge in [-0.25, -0.2) is 14.4 Å². The third-order valence-corrected chi connectivity index (χ3v) is 3.88. The Bertz CT molecular complexity index is 697. The van der Waals surface area contributed by atoms with Crippen molar-refractivity contribution in [2.24, 2.45) is 0 Å². The molecular weight excluding hydrogens is 307 g/mol. The topological polar surface area (TPSA) is 58.1 Å². The first kappa shape index (κ1) is 14.9. The summed E-state index contributed by atoms with van der Waals surface area (Å²) in [6, 6.07) is 6.01. The van der Waals surface area contributed by atoms with Crippen LogP contribution in [-0.4, -0.2) is 40.4 Å². The molecule has 1 saturated heterocycles. The van der Waals surface area contributed by atoms with Crippen LogP contribution in [0.2, 0.25) is 5.02 Å². The third-order valence-electron chi connectivity index (χ3n) is 3.61. The van der Waals surface area contributed by atoms with E-state index in [2.05, 4.69) is 15.3 Å². The zero-order valence-corrected chi connectivity index (χ0v) is 12.4. The van der Waals surface area contributed by atoms with E-state index in [1.807, 2.05) is 6.07 Å². The van der Waals surface area contributed by atoms with Crippen molar-refractivity contribution in [1.29, 1.82) is 0 Å². The largest absolute Gasteiger partial charge is 0.328 e. The zero-order chi connectivity index (χ0) is 15.5. The van der Waals surface area contributed by atoms with E-state index in [1.165, 1.54) is 24.7 Å². The summed E-state index contributed by atoms with van der Waals surface area (Å²) in [5.74, 6) is -0.598. The van der Waals surface area contributed by atoms with Gasteiger partial charge in [0.2, 0.25) is 0 Å². The summed E-state index contributed by atoms with van der Waals surface area (Å²) in [6.45, 7) is 1.72. The van der Waals surface area contributed by atoms with Crippen molar-refractivity contribution >= 4 is 17.5 Å². The summed E-state index contributed by atoms with van der Waals surface area (Å²) in [4.78, 5) is 22.1. The number of benzene rings is 1. The van der Waals surface area contributed by atoms with Crippen LogP contribution in [0.1, 0.15) is 22.1 Å². The minimum absolute atomic E-state index is 0.167. The molecule has 1 aliphatic rings. The smallest absolute Gasteiger partial charge is 0.274 e. The summed E-state index contributed by atoms with van der Waals surface area (Å²) in [6.07, 6.45) is 2.68. The molecule has 0 bridgehead atoms. The molecule has 1 aromatic heterocycles. The van der Waals surface area contributed by atoms with Gasteiger partial charge in [-0.2, -0.15) is 0 Å². The molecule has 1 fully saturated rings. The Kier molecular flexibility index (Phi) is 4.31. The number of carbonyl (C=O) groups is 1. The lowest BCUT2D eigenvalue weighted by molar-refractivity contribution is 0.0628. The standard InChI is InChI=1S/C15H14ClFN4O/c16-12-7-19-9-20-14(12)15(22)21-5-4-18-8-13(21)10-2-1-3-11(17)6-10/h1-3,6-7,9,13,18H,4-5,8H2. The fourth-order valence-electron chi connectivity index (χ4n) is 2.57. The molecule has 0 saturated carbocycles. The van der Waals surface area contributed by atoms with Gasteiger partial charge in [-0.15, -0.1) is 0 Å². The molecule has 1 amide bonds. The highest BCUT2D eigenvalue weighted by Gasteiger charge is 2.30. The number of halogens is 2. The van der Waals surface area contributed by atoms with E-state index in [9.17, 15) is 9.18 Å². The average molecular weight is 321 g/mol. The Labute approximate surface area is 132 Å². The minimum atomic E-state index is -0.324. The van der Waals surface area contributed by atoms with Gasteiger partial charge in [0.05, 0.1) is 11.1 Å². The molecule has 0 spiro atoms. The van der Waals surface area contributed by atoms with Crippen LogP contribution in [0.25, 0.3) is 0 Å². The highest BCUT2D eigenvalue weighted by molar-refractivity contribution is 6.33. The monoisotopic (exact) mass is 320 g/mol. The van der Waals surface area contributed by atoms with Gasteiger partial charge in [0.15, 0.2) is 0 Å². The molecule has 0 radical (unpaired) electrons. The van der Waals surface area contributed by atoms with E-state index in [0.29, 0.717) is 19.6 Å². The van der Waals surface area contributed by atoms with Crippen LogP contribution in [0.5, 0.6) is 0 Å². The summed E-state index contributed by atoms with van der Waals surface area (Å²) in [5, 5.41) is 3.43. The molecule has 5 nitrogen and oxygen atoms in total. The minimum Gasteiger partial charge on any atom is -0.328 e. The van der Waals surface area contributed by atoms with Crippen molar-refractivity contribution < 1.29 is 9.18 Å². The van der Waals surface area contributed by atoms with Gasteiger partial charge in [-0.1, -0.05) is 23.7 Å². The number of nitrogens with zero attached hydrogens (tertiary/aromatic N) is 3. The first-order valence-electron chi connectivity index (χ1n) is 6.89. The maximum absolute atomic E-state index is 13.5. The number of rotatable bonds is 2. The summed E-state index contributed by atoms with van der Waals surface area (Å²) in [5.41, 5.74) is 0.908. The molecule has 1 aromatic carbocycles. The van der Waals surface area contributed by atoms with Crippen LogP contribution in [0, 0.1) is 5.82 Å². The van der Waals surface area contributed by atoms with Gasteiger partial charge >= 0.3 is 0 Å². The predicted octanol–water partition coefficient (Wildman–Crippen LogP) is 2.06. The highest BCUT2D eigenvalue weighted by atomic mass is 35.5. The normalized spacial score (nSPS) is 18.3. The van der Waals surface area contributed by atoms with E-state index in [4.69, 9.17) is 11.6 Å². The first-order chi connectivity index (χ1) is 10.7. The lowest BCUT2D eigenvalue weighted by Crippen LogP contribution is -2.49. The first-order valence-corrected chi connectivity index (χ1v) is 7.27. The average Bonchev–Trinajstić information content (AvgIpc) is 2.55. The van der Waals surface area contributed by atoms with E-state index < -0.39 is 0 Å². The number of hydrogen-bond donors (Lipinski definition) is 1. The second-order valence-corrected chi connectivity index (χ2v) is 5.40. The van der Waals surface area contributed by atoms with Crippen molar-refractivity contribution in [3.63, 3.8) is 0 Å². The van der Waals surface area contributed by atoms with Crippen molar-refractivity contribution in [3.8, 4) is 0 Å². The van der Waals surface area contributed by atoms with Gasteiger partial charge in [-0.05, 0) is 17.7 Å². The maximum Gasteiger partial charge on any atom is 0.274 e. The molecule has 2 aromatic rings. The molecule has 1 aliphatic heterocycles. The number of hydrogen-bond acceptors (Lipinski definition) is 4. The molecule has 0 aliphatic carbocycles. The Morgan fingerprint density at radius 2 is 2.32 bits per heavy atom. The highest BCUT2D eigenvalue weighted by Crippen LogP contribution is 2.25. The Balaban J connectivity index is 1.93. The third kappa shape index (κ3) is 2.93. The molecule has 22 heavy (non-hydrogen) atoms. The van der Waals surface area contributed by atoms with Crippen molar-refractivity contribution in [1.82, 2.24) is 20.2 Å². The molecule has 1 unspecified atom stereocenters. The van der Waals surface area contributed by atoms with Gasteiger partial charge in [0, 0.05) is 25.8 Å². The van der Waals surface area contributed by atoms with Gasteiger partial charge in [-0.3, -0.25) is 4.79 Å². The predicted molar refractivity (Wildman–Crippen MR) is 80.1 cm³/mol. The van der Waals surface area contributed by atoms with Crippen molar-refractivity contribution in [2.45, 2.75) is 6.04 Å². The van der Waals surface area contributed by atoms with Crippen LogP contribution >= 0.6 is 11.6 Å². The van der Waals surface area contributed by atoms with Crippen LogP contribution in [0.4, 0.5) is 4.39 Å². The molecular formula is C15H14ClFN4O. The van der Waals surface area contributed by atoms with Crippen LogP contribution < -0.4 is 5.32 Å². The SMILES string of the molecule is O=C(c1ncncc1Cl)N1CCNCC1c1cccc(F)c1. The molecule has 2 heterocycles. The quantitative estimate of drug-likeness (QED) is 0.920. The molecule has 3 rings (SSSR count). The van der Waals surface area contributed by atoms with Crippen molar-refractivity contribution in [3.05, 3.63) is 58.9 Å². The van der Waals surface area contributed by atoms with E-state index >= 15 is 0 Å². The summed E-state index contributed by atoms with van der Waals surface area (Å²) < 4.78 is 13.5.